The molecule has 0 fully saturated rings. The molecule has 0 unspecified atom stereocenters. The fourth-order valence-corrected chi connectivity index (χ4v) is 3.45. The SMILES string of the molecule is CC(=O)Nc1cccc(-n2cnnc2S[C@@H](C)c2cc(F)ccc2F)c1. The van der Waals surface area contributed by atoms with E-state index >= 15 is 0 Å². The minimum absolute atomic E-state index is 0.171. The van der Waals surface area contributed by atoms with Crippen LogP contribution in [0.5, 0.6) is 0 Å². The predicted octanol–water partition coefficient (Wildman–Crippen LogP) is 4.36. The average molecular weight is 374 g/mol. The van der Waals surface area contributed by atoms with Gasteiger partial charge in [-0.05, 0) is 43.3 Å². The second kappa shape index (κ2) is 7.65. The van der Waals surface area contributed by atoms with Crippen LogP contribution in [0.4, 0.5) is 14.5 Å². The fourth-order valence-electron chi connectivity index (χ4n) is 2.47. The number of carbonyl (C=O) groups excluding carboxylic acids is 1. The summed E-state index contributed by atoms with van der Waals surface area (Å²) in [6.07, 6.45) is 1.53. The molecule has 1 aromatic heterocycles. The lowest BCUT2D eigenvalue weighted by Gasteiger charge is -2.13. The molecule has 3 aromatic rings. The van der Waals surface area contributed by atoms with Gasteiger partial charge >= 0.3 is 0 Å². The van der Waals surface area contributed by atoms with Crippen molar-refractivity contribution in [2.45, 2.75) is 24.3 Å². The number of hydrogen-bond donors (Lipinski definition) is 1. The highest BCUT2D eigenvalue weighted by Crippen LogP contribution is 2.36. The van der Waals surface area contributed by atoms with Crippen LogP contribution in [0.25, 0.3) is 5.69 Å². The largest absolute Gasteiger partial charge is 0.326 e. The third kappa shape index (κ3) is 4.08. The summed E-state index contributed by atoms with van der Waals surface area (Å²) >= 11 is 1.26. The van der Waals surface area contributed by atoms with Gasteiger partial charge in [0.1, 0.15) is 18.0 Å². The highest BCUT2D eigenvalue weighted by atomic mass is 32.2. The molecule has 1 amide bonds. The van der Waals surface area contributed by atoms with Crippen molar-refractivity contribution in [3.8, 4) is 5.69 Å². The second-order valence-corrected chi connectivity index (χ2v) is 6.95. The Labute approximate surface area is 153 Å². The van der Waals surface area contributed by atoms with Crippen LogP contribution in [0.1, 0.15) is 24.7 Å². The van der Waals surface area contributed by atoms with Crippen molar-refractivity contribution in [3.05, 3.63) is 66.0 Å². The molecule has 134 valence electrons. The number of halogens is 2. The number of nitrogens with one attached hydrogen (secondary N) is 1. The monoisotopic (exact) mass is 374 g/mol. The number of aromatic nitrogens is 3. The molecule has 26 heavy (non-hydrogen) atoms. The minimum Gasteiger partial charge on any atom is -0.326 e. The van der Waals surface area contributed by atoms with Crippen LogP contribution in [0, 0.1) is 11.6 Å². The number of rotatable bonds is 5. The topological polar surface area (TPSA) is 59.8 Å². The molecule has 1 heterocycles. The maximum absolute atomic E-state index is 14.0. The summed E-state index contributed by atoms with van der Waals surface area (Å²) in [4.78, 5) is 11.2. The average Bonchev–Trinajstić information content (AvgIpc) is 3.04. The van der Waals surface area contributed by atoms with Gasteiger partial charge in [0.2, 0.25) is 5.91 Å². The van der Waals surface area contributed by atoms with Gasteiger partial charge in [-0.1, -0.05) is 17.8 Å². The first kappa shape index (κ1) is 18.1. The summed E-state index contributed by atoms with van der Waals surface area (Å²) in [5.41, 5.74) is 1.65. The van der Waals surface area contributed by atoms with Crippen molar-refractivity contribution >= 4 is 23.4 Å². The van der Waals surface area contributed by atoms with Gasteiger partial charge in [-0.25, -0.2) is 8.78 Å². The first-order chi connectivity index (χ1) is 12.4. The van der Waals surface area contributed by atoms with Crippen LogP contribution >= 0.6 is 11.8 Å². The third-order valence-corrected chi connectivity index (χ3v) is 4.74. The van der Waals surface area contributed by atoms with E-state index < -0.39 is 11.6 Å². The molecule has 0 aliphatic carbocycles. The first-order valence-corrected chi connectivity index (χ1v) is 8.71. The maximum atomic E-state index is 14.0. The van der Waals surface area contributed by atoms with Crippen LogP contribution in [-0.2, 0) is 4.79 Å². The highest BCUT2D eigenvalue weighted by Gasteiger charge is 2.17. The summed E-state index contributed by atoms with van der Waals surface area (Å²) < 4.78 is 29.1. The normalized spacial score (nSPS) is 12.0. The molecule has 1 N–H and O–H groups in total. The number of nitrogens with zero attached hydrogens (tertiary/aromatic N) is 3. The van der Waals surface area contributed by atoms with Crippen molar-refractivity contribution in [1.82, 2.24) is 14.8 Å². The van der Waals surface area contributed by atoms with Gasteiger partial charge in [-0.2, -0.15) is 0 Å². The molecule has 0 spiro atoms. The van der Waals surface area contributed by atoms with Crippen molar-refractivity contribution < 1.29 is 13.6 Å². The van der Waals surface area contributed by atoms with Crippen LogP contribution < -0.4 is 5.32 Å². The van der Waals surface area contributed by atoms with E-state index in [1.165, 1.54) is 31.1 Å². The van der Waals surface area contributed by atoms with E-state index in [1.54, 1.807) is 29.7 Å². The van der Waals surface area contributed by atoms with Crippen molar-refractivity contribution in [2.75, 3.05) is 5.32 Å². The Balaban J connectivity index is 1.87. The van der Waals surface area contributed by atoms with Crippen LogP contribution in [0.2, 0.25) is 0 Å². The molecule has 0 aliphatic rings. The molecule has 3 rings (SSSR count). The molecule has 0 radical (unpaired) electrons. The van der Waals surface area contributed by atoms with Crippen molar-refractivity contribution in [2.24, 2.45) is 0 Å². The Morgan fingerprint density at radius 2 is 2.04 bits per heavy atom. The van der Waals surface area contributed by atoms with E-state index in [-0.39, 0.29) is 16.7 Å². The predicted molar refractivity (Wildman–Crippen MR) is 96.3 cm³/mol. The van der Waals surface area contributed by atoms with Crippen LogP contribution in [-0.4, -0.2) is 20.7 Å². The van der Waals surface area contributed by atoms with E-state index in [9.17, 15) is 13.6 Å². The van der Waals surface area contributed by atoms with Gasteiger partial charge in [-0.15, -0.1) is 10.2 Å². The number of anilines is 1. The summed E-state index contributed by atoms with van der Waals surface area (Å²) in [7, 11) is 0. The van der Waals surface area contributed by atoms with E-state index in [1.807, 2.05) is 6.07 Å². The molecule has 5 nitrogen and oxygen atoms in total. The zero-order valence-electron chi connectivity index (χ0n) is 14.1. The zero-order chi connectivity index (χ0) is 18.7. The smallest absolute Gasteiger partial charge is 0.221 e. The molecular weight excluding hydrogens is 358 g/mol. The van der Waals surface area contributed by atoms with Crippen LogP contribution in [0.3, 0.4) is 0 Å². The minimum atomic E-state index is -0.488. The molecule has 0 bridgehead atoms. The number of hydrogen-bond acceptors (Lipinski definition) is 4. The Morgan fingerprint density at radius 3 is 2.81 bits per heavy atom. The summed E-state index contributed by atoms with van der Waals surface area (Å²) in [5, 5.41) is 10.9. The first-order valence-electron chi connectivity index (χ1n) is 7.83. The maximum Gasteiger partial charge on any atom is 0.221 e. The lowest BCUT2D eigenvalue weighted by Crippen LogP contribution is -2.06. The van der Waals surface area contributed by atoms with E-state index in [0.29, 0.717) is 10.8 Å². The van der Waals surface area contributed by atoms with E-state index in [2.05, 4.69) is 15.5 Å². The van der Waals surface area contributed by atoms with Crippen molar-refractivity contribution in [3.63, 3.8) is 0 Å². The summed E-state index contributed by atoms with van der Waals surface area (Å²) in [6.45, 7) is 3.21. The Kier molecular flexibility index (Phi) is 5.32. The quantitative estimate of drug-likeness (QED) is 0.674. The molecule has 1 atom stereocenters. The summed E-state index contributed by atoms with van der Waals surface area (Å²) in [6, 6.07) is 10.6. The highest BCUT2D eigenvalue weighted by molar-refractivity contribution is 7.99. The zero-order valence-corrected chi connectivity index (χ0v) is 14.9. The molecule has 2 aromatic carbocycles. The van der Waals surface area contributed by atoms with Gasteiger partial charge in [-0.3, -0.25) is 9.36 Å². The number of carbonyl (C=O) groups is 1. The van der Waals surface area contributed by atoms with Crippen molar-refractivity contribution in [1.29, 1.82) is 0 Å². The molecular formula is C18H16F2N4OS. The summed E-state index contributed by atoms with van der Waals surface area (Å²) in [5.74, 6) is -1.13. The Hall–Kier alpha value is -2.74. The lowest BCUT2D eigenvalue weighted by molar-refractivity contribution is -0.114. The standard InChI is InChI=1S/C18H16F2N4OS/c1-11(16-8-13(19)6-7-17(16)20)26-18-23-21-10-24(18)15-5-3-4-14(9-15)22-12(2)25/h3-11H,1-2H3,(H,22,25)/t11-/m0/s1. The third-order valence-electron chi connectivity index (χ3n) is 3.64. The second-order valence-electron chi connectivity index (χ2n) is 5.64. The lowest BCUT2D eigenvalue weighted by atomic mass is 10.1. The van der Waals surface area contributed by atoms with E-state index in [0.717, 1.165) is 17.8 Å². The van der Waals surface area contributed by atoms with E-state index in [4.69, 9.17) is 0 Å². The molecule has 0 saturated carbocycles. The Morgan fingerprint density at radius 1 is 1.23 bits per heavy atom. The van der Waals surface area contributed by atoms with Crippen LogP contribution in [0.15, 0.2) is 53.9 Å². The van der Waals surface area contributed by atoms with Gasteiger partial charge < -0.3 is 5.32 Å². The molecule has 0 saturated heterocycles. The van der Waals surface area contributed by atoms with Gasteiger partial charge in [0.05, 0.1) is 5.69 Å². The number of amides is 1. The Bertz CT molecular complexity index is 944. The van der Waals surface area contributed by atoms with Gasteiger partial charge in [0, 0.05) is 23.4 Å². The number of thioether (sulfide) groups is 1. The molecule has 8 heteroatoms. The fraction of sp³-hybridized carbons (Fsp3) is 0.167. The number of benzene rings is 2. The van der Waals surface area contributed by atoms with Gasteiger partial charge in [0.25, 0.3) is 0 Å². The molecule has 0 aliphatic heterocycles. The van der Waals surface area contributed by atoms with Gasteiger partial charge in [0.15, 0.2) is 5.16 Å².